The van der Waals surface area contributed by atoms with Crippen LogP contribution in [0.3, 0.4) is 0 Å². The summed E-state index contributed by atoms with van der Waals surface area (Å²) in [6, 6.07) is 4.19. The lowest BCUT2D eigenvalue weighted by Crippen LogP contribution is -2.37. The number of hydrogen-bond donors (Lipinski definition) is 2. The summed E-state index contributed by atoms with van der Waals surface area (Å²) in [5, 5.41) is 20.2. The van der Waals surface area contributed by atoms with Gasteiger partial charge in [-0.1, -0.05) is 0 Å². The zero-order chi connectivity index (χ0) is 13.4. The van der Waals surface area contributed by atoms with Gasteiger partial charge in [-0.2, -0.15) is 5.06 Å². The van der Waals surface area contributed by atoms with E-state index in [0.717, 1.165) is 19.3 Å². The number of nitrogens with zero attached hydrogens (tertiary/aromatic N) is 1. The zero-order valence-corrected chi connectivity index (χ0v) is 10.3. The molecule has 1 saturated heterocycles. The molecule has 2 atom stereocenters. The largest absolute Gasteiger partial charge is 0.508 e. The zero-order valence-electron chi connectivity index (χ0n) is 10.3. The van der Waals surface area contributed by atoms with Crippen LogP contribution in [-0.2, 0) is 16.2 Å². The average molecular weight is 265 g/mol. The lowest BCUT2D eigenvalue weighted by Gasteiger charge is -2.24. The molecule has 0 radical (unpaired) electrons. The van der Waals surface area contributed by atoms with Gasteiger partial charge in [-0.05, 0) is 37.5 Å². The number of phenols is 2. The van der Waals surface area contributed by atoms with Crippen molar-refractivity contribution in [3.8, 4) is 11.5 Å². The molecule has 0 spiro atoms. The minimum Gasteiger partial charge on any atom is -0.508 e. The van der Waals surface area contributed by atoms with E-state index in [4.69, 9.17) is 9.57 Å². The molecule has 3 rings (SSSR count). The molecule has 1 aliphatic carbocycles. The van der Waals surface area contributed by atoms with Gasteiger partial charge in [0, 0.05) is 5.56 Å². The molecular weight excluding hydrogens is 250 g/mol. The Bertz CT molecular complexity index is 504. The molecule has 2 unspecified atom stereocenters. The second kappa shape index (κ2) is 4.62. The van der Waals surface area contributed by atoms with Gasteiger partial charge in [-0.25, -0.2) is 4.79 Å². The number of rotatable bonds is 2. The maximum atomic E-state index is 11.8. The van der Waals surface area contributed by atoms with Crippen LogP contribution in [0.4, 0.5) is 4.79 Å². The van der Waals surface area contributed by atoms with Gasteiger partial charge in [-0.15, -0.1) is 0 Å². The summed E-state index contributed by atoms with van der Waals surface area (Å²) in [4.78, 5) is 17.3. The van der Waals surface area contributed by atoms with E-state index in [1.165, 1.54) is 23.3 Å². The number of carbonyl (C=O) groups excluding carboxylic acids is 1. The van der Waals surface area contributed by atoms with Crippen LogP contribution in [0, 0.1) is 0 Å². The quantitative estimate of drug-likeness (QED) is 0.798. The van der Waals surface area contributed by atoms with Crippen LogP contribution in [0.15, 0.2) is 18.2 Å². The highest BCUT2D eigenvalue weighted by atomic mass is 16.7. The molecule has 6 nitrogen and oxygen atoms in total. The number of aromatic hydroxyl groups is 2. The van der Waals surface area contributed by atoms with Crippen LogP contribution in [0.25, 0.3) is 0 Å². The van der Waals surface area contributed by atoms with Crippen molar-refractivity contribution < 1.29 is 24.6 Å². The SMILES string of the molecule is O=C(OCc1cc(O)ccc1O)N1OC2CCC1C2. The molecule has 2 fully saturated rings. The molecule has 2 aliphatic rings. The Morgan fingerprint density at radius 2 is 2.26 bits per heavy atom. The van der Waals surface area contributed by atoms with Gasteiger partial charge in [0.25, 0.3) is 0 Å². The first kappa shape index (κ1) is 12.1. The van der Waals surface area contributed by atoms with E-state index in [9.17, 15) is 15.0 Å². The van der Waals surface area contributed by atoms with Crippen molar-refractivity contribution in [2.75, 3.05) is 0 Å². The predicted molar refractivity (Wildman–Crippen MR) is 64.3 cm³/mol. The summed E-state index contributed by atoms with van der Waals surface area (Å²) in [5.74, 6) is -0.00482. The maximum Gasteiger partial charge on any atom is 0.434 e. The number of amides is 1. The molecule has 1 amide bonds. The monoisotopic (exact) mass is 265 g/mol. The minimum atomic E-state index is -0.546. The molecule has 102 valence electrons. The fourth-order valence-electron chi connectivity index (χ4n) is 2.56. The molecule has 1 aliphatic heterocycles. The number of carbonyl (C=O) groups is 1. The highest BCUT2D eigenvalue weighted by Crippen LogP contribution is 2.35. The first-order valence-corrected chi connectivity index (χ1v) is 6.27. The van der Waals surface area contributed by atoms with Gasteiger partial charge < -0.3 is 14.9 Å². The summed E-state index contributed by atoms with van der Waals surface area (Å²) in [6.07, 6.45) is 2.38. The molecule has 2 N–H and O–H groups in total. The first-order chi connectivity index (χ1) is 9.13. The average Bonchev–Trinajstić information content (AvgIpc) is 3.02. The normalized spacial score (nSPS) is 24.7. The second-order valence-corrected chi connectivity index (χ2v) is 4.89. The van der Waals surface area contributed by atoms with E-state index in [-0.39, 0.29) is 30.3 Å². The van der Waals surface area contributed by atoms with Gasteiger partial charge in [-0.3, -0.25) is 4.84 Å². The Hall–Kier alpha value is -1.95. The number of benzene rings is 1. The van der Waals surface area contributed by atoms with Gasteiger partial charge in [0.15, 0.2) is 0 Å². The summed E-state index contributed by atoms with van der Waals surface area (Å²) < 4.78 is 5.09. The second-order valence-electron chi connectivity index (χ2n) is 4.89. The van der Waals surface area contributed by atoms with Crippen LogP contribution >= 0.6 is 0 Å². The van der Waals surface area contributed by atoms with Gasteiger partial charge in [0.1, 0.15) is 18.1 Å². The molecule has 1 heterocycles. The molecule has 1 saturated carbocycles. The third kappa shape index (κ3) is 2.31. The number of ether oxygens (including phenoxy) is 1. The molecule has 0 aromatic heterocycles. The number of fused-ring (bicyclic) bond motifs is 2. The van der Waals surface area contributed by atoms with Crippen molar-refractivity contribution in [1.82, 2.24) is 5.06 Å². The molecule has 19 heavy (non-hydrogen) atoms. The van der Waals surface area contributed by atoms with Crippen molar-refractivity contribution in [2.45, 2.75) is 38.0 Å². The smallest absolute Gasteiger partial charge is 0.434 e. The van der Waals surface area contributed by atoms with E-state index in [0.29, 0.717) is 5.56 Å². The minimum absolute atomic E-state index is 0.0142. The third-order valence-electron chi connectivity index (χ3n) is 3.55. The third-order valence-corrected chi connectivity index (χ3v) is 3.55. The first-order valence-electron chi connectivity index (χ1n) is 6.27. The van der Waals surface area contributed by atoms with Crippen molar-refractivity contribution >= 4 is 6.09 Å². The number of hydroxylamine groups is 2. The van der Waals surface area contributed by atoms with Crippen molar-refractivity contribution in [2.24, 2.45) is 0 Å². The summed E-state index contributed by atoms with van der Waals surface area (Å²) in [6.45, 7) is -0.101. The fraction of sp³-hybridized carbons (Fsp3) is 0.462. The summed E-state index contributed by atoms with van der Waals surface area (Å²) >= 11 is 0. The van der Waals surface area contributed by atoms with E-state index in [2.05, 4.69) is 0 Å². The van der Waals surface area contributed by atoms with E-state index < -0.39 is 6.09 Å². The van der Waals surface area contributed by atoms with Crippen LogP contribution in [0.2, 0.25) is 0 Å². The standard InChI is InChI=1S/C13H15NO5/c15-10-2-4-12(16)8(5-10)7-18-13(17)14-9-1-3-11(6-9)19-14/h2,4-5,9,11,15-16H,1,3,6-7H2. The lowest BCUT2D eigenvalue weighted by atomic mass is 10.2. The molecule has 2 bridgehead atoms. The molecule has 1 aromatic carbocycles. The van der Waals surface area contributed by atoms with E-state index >= 15 is 0 Å². The fourth-order valence-corrected chi connectivity index (χ4v) is 2.56. The summed E-state index contributed by atoms with van der Waals surface area (Å²) in [5.41, 5.74) is 0.359. The number of hydrogen-bond acceptors (Lipinski definition) is 5. The van der Waals surface area contributed by atoms with Gasteiger partial charge in [0.2, 0.25) is 0 Å². The van der Waals surface area contributed by atoms with Crippen molar-refractivity contribution in [3.05, 3.63) is 23.8 Å². The molecular formula is C13H15NO5. The van der Waals surface area contributed by atoms with Gasteiger partial charge >= 0.3 is 6.09 Å². The Kier molecular flexibility index (Phi) is 2.94. The highest BCUT2D eigenvalue weighted by Gasteiger charge is 2.43. The van der Waals surface area contributed by atoms with Crippen LogP contribution in [0.5, 0.6) is 11.5 Å². The highest BCUT2D eigenvalue weighted by molar-refractivity contribution is 5.67. The molecule has 1 aromatic rings. The van der Waals surface area contributed by atoms with Crippen LogP contribution in [0.1, 0.15) is 24.8 Å². The van der Waals surface area contributed by atoms with Gasteiger partial charge in [0.05, 0.1) is 12.1 Å². The Morgan fingerprint density at radius 1 is 1.42 bits per heavy atom. The summed E-state index contributed by atoms with van der Waals surface area (Å²) in [7, 11) is 0. The van der Waals surface area contributed by atoms with E-state index in [1.54, 1.807) is 0 Å². The Morgan fingerprint density at radius 3 is 2.95 bits per heavy atom. The van der Waals surface area contributed by atoms with Crippen LogP contribution < -0.4 is 0 Å². The van der Waals surface area contributed by atoms with E-state index in [1.807, 2.05) is 0 Å². The topological polar surface area (TPSA) is 79.2 Å². The predicted octanol–water partition coefficient (Wildman–Crippen LogP) is 1.90. The van der Waals surface area contributed by atoms with Crippen molar-refractivity contribution in [1.29, 1.82) is 0 Å². The van der Waals surface area contributed by atoms with Crippen LogP contribution in [-0.4, -0.2) is 33.5 Å². The lowest BCUT2D eigenvalue weighted by molar-refractivity contribution is -0.161. The maximum absolute atomic E-state index is 11.8. The molecule has 6 heteroatoms. The Balaban J connectivity index is 1.60. The number of phenolic OH excluding ortho intramolecular Hbond substituents is 2. The Labute approximate surface area is 110 Å². The van der Waals surface area contributed by atoms with Crippen molar-refractivity contribution in [3.63, 3.8) is 0 Å².